The minimum absolute atomic E-state index is 0.0384. The molecule has 7 nitrogen and oxygen atoms in total. The Bertz CT molecular complexity index is 1040. The maximum atomic E-state index is 12.6. The molecule has 0 aliphatic heterocycles. The summed E-state index contributed by atoms with van der Waals surface area (Å²) in [6.45, 7) is 1.87. The zero-order valence-corrected chi connectivity index (χ0v) is 15.2. The summed E-state index contributed by atoms with van der Waals surface area (Å²) in [6, 6.07) is 13.3. The Hall–Kier alpha value is -2.71. The standard InChI is InChI=1S/C18H19N3O4S/c1-12(13-7-9-14(10-8-13)26(19,23)24)21(2)18(22)11-16-15-5-3-4-6-17(15)25-20-16/h3-10,12H,11H2,1-2H3,(H2,19,23,24). The number of amides is 1. The molecule has 0 saturated carbocycles. The van der Waals surface area contributed by atoms with Crippen LogP contribution in [0.1, 0.15) is 24.2 Å². The molecule has 0 radical (unpaired) electrons. The van der Waals surface area contributed by atoms with E-state index in [1.54, 1.807) is 30.1 Å². The van der Waals surface area contributed by atoms with Crippen LogP contribution in [0.3, 0.4) is 0 Å². The normalized spacial score (nSPS) is 12.9. The summed E-state index contributed by atoms with van der Waals surface area (Å²) in [5.41, 5.74) is 2.04. The number of hydrogen-bond donors (Lipinski definition) is 1. The molecule has 1 heterocycles. The van der Waals surface area contributed by atoms with Crippen LogP contribution in [-0.4, -0.2) is 31.4 Å². The SMILES string of the molecule is CC(c1ccc(S(N)(=O)=O)cc1)N(C)C(=O)Cc1noc2ccccc12. The molecule has 1 atom stereocenters. The number of carbonyl (C=O) groups is 1. The number of likely N-dealkylation sites (N-methyl/N-ethyl adjacent to an activating group) is 1. The van der Waals surface area contributed by atoms with E-state index in [9.17, 15) is 13.2 Å². The number of carbonyl (C=O) groups excluding carboxylic acids is 1. The van der Waals surface area contributed by atoms with Crippen molar-refractivity contribution in [2.75, 3.05) is 7.05 Å². The van der Waals surface area contributed by atoms with Gasteiger partial charge in [-0.2, -0.15) is 0 Å². The molecule has 26 heavy (non-hydrogen) atoms. The predicted molar refractivity (Wildman–Crippen MR) is 96.7 cm³/mol. The van der Waals surface area contributed by atoms with Crippen molar-refractivity contribution >= 4 is 26.9 Å². The van der Waals surface area contributed by atoms with Crippen LogP contribution in [-0.2, 0) is 21.2 Å². The average Bonchev–Trinajstić information content (AvgIpc) is 3.03. The van der Waals surface area contributed by atoms with Crippen LogP contribution in [0.15, 0.2) is 57.9 Å². The number of hydrogen-bond acceptors (Lipinski definition) is 5. The summed E-state index contributed by atoms with van der Waals surface area (Å²) in [6.07, 6.45) is 0.118. The molecule has 2 N–H and O–H groups in total. The smallest absolute Gasteiger partial charge is 0.238 e. The maximum absolute atomic E-state index is 12.6. The second-order valence-corrected chi connectivity index (χ2v) is 7.66. The van der Waals surface area contributed by atoms with Crippen LogP contribution in [0.2, 0.25) is 0 Å². The van der Waals surface area contributed by atoms with Crippen molar-refractivity contribution in [2.45, 2.75) is 24.3 Å². The first-order valence-electron chi connectivity index (χ1n) is 7.99. The number of aromatic nitrogens is 1. The van der Waals surface area contributed by atoms with Gasteiger partial charge in [0.1, 0.15) is 5.69 Å². The second kappa shape index (κ2) is 6.89. The molecule has 136 valence electrons. The van der Waals surface area contributed by atoms with Crippen LogP contribution in [0, 0.1) is 0 Å². The van der Waals surface area contributed by atoms with Crippen molar-refractivity contribution in [1.29, 1.82) is 0 Å². The Balaban J connectivity index is 1.75. The van der Waals surface area contributed by atoms with Crippen molar-refractivity contribution in [2.24, 2.45) is 5.14 Å². The van der Waals surface area contributed by atoms with E-state index < -0.39 is 10.0 Å². The zero-order chi connectivity index (χ0) is 18.9. The van der Waals surface area contributed by atoms with E-state index in [1.807, 2.05) is 25.1 Å². The summed E-state index contributed by atoms with van der Waals surface area (Å²) in [7, 11) is -2.04. The van der Waals surface area contributed by atoms with Crippen molar-refractivity contribution < 1.29 is 17.7 Å². The Morgan fingerprint density at radius 2 is 1.85 bits per heavy atom. The highest BCUT2D eigenvalue weighted by molar-refractivity contribution is 7.89. The van der Waals surface area contributed by atoms with Gasteiger partial charge >= 0.3 is 0 Å². The summed E-state index contributed by atoms with van der Waals surface area (Å²) < 4.78 is 27.9. The van der Waals surface area contributed by atoms with Crippen molar-refractivity contribution in [3.05, 3.63) is 59.8 Å². The molecule has 0 aliphatic rings. The number of benzene rings is 2. The molecule has 2 aromatic carbocycles. The minimum atomic E-state index is -3.74. The molecule has 1 aromatic heterocycles. The van der Waals surface area contributed by atoms with Crippen LogP contribution in [0.4, 0.5) is 0 Å². The molecule has 0 bridgehead atoms. The molecular formula is C18H19N3O4S. The van der Waals surface area contributed by atoms with E-state index in [0.717, 1.165) is 10.9 Å². The maximum Gasteiger partial charge on any atom is 0.238 e. The van der Waals surface area contributed by atoms with Crippen LogP contribution >= 0.6 is 0 Å². The number of para-hydroxylation sites is 1. The van der Waals surface area contributed by atoms with Crippen molar-refractivity contribution in [3.8, 4) is 0 Å². The summed E-state index contributed by atoms with van der Waals surface area (Å²) in [5.74, 6) is -0.118. The molecule has 1 unspecified atom stereocenters. The lowest BCUT2D eigenvalue weighted by molar-refractivity contribution is -0.131. The van der Waals surface area contributed by atoms with E-state index in [4.69, 9.17) is 9.66 Å². The van der Waals surface area contributed by atoms with Gasteiger partial charge in [0.2, 0.25) is 15.9 Å². The fourth-order valence-corrected chi connectivity index (χ4v) is 3.22. The van der Waals surface area contributed by atoms with Crippen molar-refractivity contribution in [1.82, 2.24) is 10.1 Å². The van der Waals surface area contributed by atoms with E-state index >= 15 is 0 Å². The molecule has 0 spiro atoms. The number of nitrogens with two attached hydrogens (primary N) is 1. The van der Waals surface area contributed by atoms with Crippen LogP contribution in [0.5, 0.6) is 0 Å². The zero-order valence-electron chi connectivity index (χ0n) is 14.4. The fraction of sp³-hybridized carbons (Fsp3) is 0.222. The third-order valence-electron chi connectivity index (χ3n) is 4.44. The largest absolute Gasteiger partial charge is 0.356 e. The third-order valence-corrected chi connectivity index (χ3v) is 5.37. The van der Waals surface area contributed by atoms with Gasteiger partial charge in [0.05, 0.1) is 17.4 Å². The number of rotatable bonds is 5. The number of fused-ring (bicyclic) bond motifs is 1. The highest BCUT2D eigenvalue weighted by Gasteiger charge is 2.20. The highest BCUT2D eigenvalue weighted by atomic mass is 32.2. The van der Waals surface area contributed by atoms with Gasteiger partial charge in [0, 0.05) is 12.4 Å². The molecule has 3 rings (SSSR count). The lowest BCUT2D eigenvalue weighted by atomic mass is 10.1. The van der Waals surface area contributed by atoms with Crippen LogP contribution < -0.4 is 5.14 Å². The lowest BCUT2D eigenvalue weighted by Gasteiger charge is -2.25. The first-order valence-corrected chi connectivity index (χ1v) is 9.53. The first-order chi connectivity index (χ1) is 12.3. The third kappa shape index (κ3) is 3.61. The van der Waals surface area contributed by atoms with Gasteiger partial charge < -0.3 is 9.42 Å². The Morgan fingerprint density at radius 1 is 1.19 bits per heavy atom. The number of primary sulfonamides is 1. The highest BCUT2D eigenvalue weighted by Crippen LogP contribution is 2.23. The average molecular weight is 373 g/mol. The van der Waals surface area contributed by atoms with Gasteiger partial charge in [-0.15, -0.1) is 0 Å². The molecule has 3 aromatic rings. The topological polar surface area (TPSA) is 106 Å². The predicted octanol–water partition coefficient (Wildman–Crippen LogP) is 2.24. The van der Waals surface area contributed by atoms with Gasteiger partial charge in [-0.25, -0.2) is 13.6 Å². The molecule has 0 fully saturated rings. The fourth-order valence-electron chi connectivity index (χ4n) is 2.71. The van der Waals surface area contributed by atoms with E-state index in [0.29, 0.717) is 11.3 Å². The molecule has 1 amide bonds. The van der Waals surface area contributed by atoms with Crippen LogP contribution in [0.25, 0.3) is 11.0 Å². The van der Waals surface area contributed by atoms with E-state index in [2.05, 4.69) is 5.16 Å². The van der Waals surface area contributed by atoms with E-state index in [-0.39, 0.29) is 23.3 Å². The number of nitrogens with zero attached hydrogens (tertiary/aromatic N) is 2. The Labute approximate surface area is 151 Å². The Morgan fingerprint density at radius 3 is 2.50 bits per heavy atom. The quantitative estimate of drug-likeness (QED) is 0.738. The summed E-state index contributed by atoms with van der Waals surface area (Å²) in [5, 5.41) is 9.91. The van der Waals surface area contributed by atoms with E-state index in [1.165, 1.54) is 12.1 Å². The lowest BCUT2D eigenvalue weighted by Crippen LogP contribution is -2.31. The second-order valence-electron chi connectivity index (χ2n) is 6.10. The molecule has 0 saturated heterocycles. The van der Waals surface area contributed by atoms with Crippen molar-refractivity contribution in [3.63, 3.8) is 0 Å². The van der Waals surface area contributed by atoms with Gasteiger partial charge in [0.25, 0.3) is 0 Å². The minimum Gasteiger partial charge on any atom is -0.356 e. The monoisotopic (exact) mass is 373 g/mol. The van der Waals surface area contributed by atoms with Gasteiger partial charge in [0.15, 0.2) is 5.58 Å². The van der Waals surface area contributed by atoms with Gasteiger partial charge in [-0.05, 0) is 36.8 Å². The molecular weight excluding hydrogens is 354 g/mol. The molecule has 0 aliphatic carbocycles. The first kappa shape index (κ1) is 18.1. The molecule has 8 heteroatoms. The number of sulfonamides is 1. The summed E-state index contributed by atoms with van der Waals surface area (Å²) in [4.78, 5) is 14.3. The van der Waals surface area contributed by atoms with Gasteiger partial charge in [-0.1, -0.05) is 29.4 Å². The summed E-state index contributed by atoms with van der Waals surface area (Å²) >= 11 is 0. The Kier molecular flexibility index (Phi) is 4.80. The van der Waals surface area contributed by atoms with Gasteiger partial charge in [-0.3, -0.25) is 4.79 Å².